The predicted molar refractivity (Wildman–Crippen MR) is 114 cm³/mol. The number of aromatic nitrogens is 5. The number of aromatic amines is 1. The number of H-pyrrole nitrogens is 1. The number of guanidine groups is 1. The Labute approximate surface area is 169 Å². The van der Waals surface area contributed by atoms with Crippen molar-refractivity contribution in [3.8, 4) is 11.3 Å². The van der Waals surface area contributed by atoms with E-state index in [9.17, 15) is 0 Å². The molecule has 0 unspecified atom stereocenters. The molecule has 0 amide bonds. The molecule has 29 heavy (non-hydrogen) atoms. The second kappa shape index (κ2) is 8.55. The van der Waals surface area contributed by atoms with E-state index >= 15 is 0 Å². The van der Waals surface area contributed by atoms with Crippen LogP contribution < -0.4 is 5.32 Å². The zero-order valence-electron chi connectivity index (χ0n) is 16.6. The molecule has 148 valence electrons. The van der Waals surface area contributed by atoms with E-state index in [2.05, 4.69) is 42.6 Å². The molecular weight excluding hydrogens is 364 g/mol. The highest BCUT2D eigenvalue weighted by molar-refractivity contribution is 5.79. The van der Waals surface area contributed by atoms with Crippen LogP contribution in [0.4, 0.5) is 0 Å². The van der Waals surface area contributed by atoms with Crippen LogP contribution >= 0.6 is 0 Å². The standard InChI is InChI=1S/C21H24N8/c1-22-21(23-12-11-20-27-26-19-10-6-7-13-29(19)20)28(2)15-18-24-14-17(25-18)16-8-4-3-5-9-16/h3-10,13-14H,11-12,15H2,1-2H3,(H,22,23)(H,24,25). The van der Waals surface area contributed by atoms with Crippen molar-refractivity contribution in [2.75, 3.05) is 20.6 Å². The van der Waals surface area contributed by atoms with Crippen LogP contribution in [0.25, 0.3) is 16.9 Å². The molecule has 8 nitrogen and oxygen atoms in total. The first-order chi connectivity index (χ1) is 14.2. The van der Waals surface area contributed by atoms with Gasteiger partial charge in [0.15, 0.2) is 11.6 Å². The summed E-state index contributed by atoms with van der Waals surface area (Å²) in [5, 5.41) is 11.8. The van der Waals surface area contributed by atoms with E-state index in [-0.39, 0.29) is 0 Å². The Morgan fingerprint density at radius 3 is 2.79 bits per heavy atom. The van der Waals surface area contributed by atoms with Gasteiger partial charge in [-0.1, -0.05) is 36.4 Å². The van der Waals surface area contributed by atoms with Gasteiger partial charge in [0.25, 0.3) is 0 Å². The molecule has 3 aromatic heterocycles. The van der Waals surface area contributed by atoms with Crippen molar-refractivity contribution in [2.45, 2.75) is 13.0 Å². The van der Waals surface area contributed by atoms with Gasteiger partial charge in [0.2, 0.25) is 0 Å². The summed E-state index contributed by atoms with van der Waals surface area (Å²) >= 11 is 0. The van der Waals surface area contributed by atoms with Gasteiger partial charge >= 0.3 is 0 Å². The molecule has 3 heterocycles. The fourth-order valence-electron chi connectivity index (χ4n) is 3.24. The SMILES string of the molecule is CN=C(NCCc1nnc2ccccn12)N(C)Cc1ncc(-c2ccccc2)[nH]1. The van der Waals surface area contributed by atoms with Gasteiger partial charge in [0, 0.05) is 33.3 Å². The number of imidazole rings is 1. The van der Waals surface area contributed by atoms with Crippen LogP contribution in [-0.4, -0.2) is 56.1 Å². The largest absolute Gasteiger partial charge is 0.356 e. The lowest BCUT2D eigenvalue weighted by Crippen LogP contribution is -2.39. The molecule has 0 bridgehead atoms. The first-order valence-corrected chi connectivity index (χ1v) is 9.54. The van der Waals surface area contributed by atoms with Crippen LogP contribution in [0.3, 0.4) is 0 Å². The Balaban J connectivity index is 1.34. The smallest absolute Gasteiger partial charge is 0.193 e. The number of pyridine rings is 1. The highest BCUT2D eigenvalue weighted by Gasteiger charge is 2.11. The summed E-state index contributed by atoms with van der Waals surface area (Å²) in [5.41, 5.74) is 2.99. The van der Waals surface area contributed by atoms with E-state index in [1.807, 2.05) is 65.1 Å². The van der Waals surface area contributed by atoms with Crippen LogP contribution in [0.2, 0.25) is 0 Å². The molecule has 2 N–H and O–H groups in total. The molecule has 4 aromatic rings. The quantitative estimate of drug-likeness (QED) is 0.391. The van der Waals surface area contributed by atoms with E-state index in [1.54, 1.807) is 7.05 Å². The van der Waals surface area contributed by atoms with Gasteiger partial charge in [-0.2, -0.15) is 0 Å². The average molecular weight is 388 g/mol. The van der Waals surface area contributed by atoms with Crippen LogP contribution in [0.5, 0.6) is 0 Å². The predicted octanol–water partition coefficient (Wildman–Crippen LogP) is 2.37. The van der Waals surface area contributed by atoms with Crippen molar-refractivity contribution in [2.24, 2.45) is 4.99 Å². The molecule has 8 heteroatoms. The van der Waals surface area contributed by atoms with Crippen molar-refractivity contribution in [3.63, 3.8) is 0 Å². The molecule has 1 aromatic carbocycles. The van der Waals surface area contributed by atoms with Crippen LogP contribution in [-0.2, 0) is 13.0 Å². The minimum atomic E-state index is 0.625. The van der Waals surface area contributed by atoms with Gasteiger partial charge < -0.3 is 15.2 Å². The maximum Gasteiger partial charge on any atom is 0.193 e. The Morgan fingerprint density at radius 2 is 1.97 bits per heavy atom. The normalized spacial score (nSPS) is 11.7. The molecule has 0 aliphatic rings. The van der Waals surface area contributed by atoms with Crippen molar-refractivity contribution in [3.05, 3.63) is 72.6 Å². The zero-order chi connectivity index (χ0) is 20.1. The van der Waals surface area contributed by atoms with Crippen molar-refractivity contribution >= 4 is 11.6 Å². The van der Waals surface area contributed by atoms with Gasteiger partial charge in [-0.15, -0.1) is 10.2 Å². The minimum absolute atomic E-state index is 0.625. The van der Waals surface area contributed by atoms with Crippen molar-refractivity contribution < 1.29 is 0 Å². The molecule has 0 fully saturated rings. The van der Waals surface area contributed by atoms with Gasteiger partial charge in [0.05, 0.1) is 18.4 Å². The molecule has 4 rings (SSSR count). The maximum atomic E-state index is 4.50. The summed E-state index contributed by atoms with van der Waals surface area (Å²) in [5.74, 6) is 2.61. The van der Waals surface area contributed by atoms with E-state index in [0.29, 0.717) is 13.1 Å². The number of nitrogens with zero attached hydrogens (tertiary/aromatic N) is 6. The molecule has 0 spiro atoms. The number of benzene rings is 1. The summed E-state index contributed by atoms with van der Waals surface area (Å²) in [7, 11) is 3.77. The highest BCUT2D eigenvalue weighted by Crippen LogP contribution is 2.16. The summed E-state index contributed by atoms with van der Waals surface area (Å²) in [4.78, 5) is 14.3. The first kappa shape index (κ1) is 18.7. The monoisotopic (exact) mass is 388 g/mol. The zero-order valence-corrected chi connectivity index (χ0v) is 16.6. The fraction of sp³-hybridized carbons (Fsp3) is 0.238. The molecule has 0 aliphatic heterocycles. The van der Waals surface area contributed by atoms with Crippen molar-refractivity contribution in [1.29, 1.82) is 0 Å². The third-order valence-electron chi connectivity index (χ3n) is 4.69. The summed E-state index contributed by atoms with van der Waals surface area (Å²) in [6.45, 7) is 1.33. The molecule has 0 aliphatic carbocycles. The number of hydrogen-bond acceptors (Lipinski definition) is 4. The lowest BCUT2D eigenvalue weighted by molar-refractivity contribution is 0.464. The summed E-state index contributed by atoms with van der Waals surface area (Å²) in [6, 6.07) is 16.1. The average Bonchev–Trinajstić information content (AvgIpc) is 3.39. The van der Waals surface area contributed by atoms with E-state index in [4.69, 9.17) is 0 Å². The maximum absolute atomic E-state index is 4.50. The first-order valence-electron chi connectivity index (χ1n) is 9.54. The third kappa shape index (κ3) is 4.26. The fourth-order valence-corrected chi connectivity index (χ4v) is 3.24. The van der Waals surface area contributed by atoms with Crippen LogP contribution in [0, 0.1) is 0 Å². The highest BCUT2D eigenvalue weighted by atomic mass is 15.3. The Bertz CT molecular complexity index is 1100. The van der Waals surface area contributed by atoms with Gasteiger partial charge in [-0.3, -0.25) is 9.39 Å². The number of aliphatic imine (C=N–C) groups is 1. The number of fused-ring (bicyclic) bond motifs is 1. The Morgan fingerprint density at radius 1 is 1.14 bits per heavy atom. The summed E-state index contributed by atoms with van der Waals surface area (Å²) in [6.07, 6.45) is 4.59. The van der Waals surface area contributed by atoms with Gasteiger partial charge in [-0.05, 0) is 17.7 Å². The molecule has 0 radical (unpaired) electrons. The van der Waals surface area contributed by atoms with Gasteiger partial charge in [-0.25, -0.2) is 4.98 Å². The van der Waals surface area contributed by atoms with Crippen LogP contribution in [0.1, 0.15) is 11.6 Å². The lowest BCUT2D eigenvalue weighted by Gasteiger charge is -2.21. The van der Waals surface area contributed by atoms with Gasteiger partial charge in [0.1, 0.15) is 11.6 Å². The second-order valence-electron chi connectivity index (χ2n) is 6.73. The second-order valence-corrected chi connectivity index (χ2v) is 6.73. The molecular formula is C21H24N8. The van der Waals surface area contributed by atoms with Crippen LogP contribution in [0.15, 0.2) is 65.9 Å². The number of hydrogen-bond donors (Lipinski definition) is 2. The Hall–Kier alpha value is -3.68. The lowest BCUT2D eigenvalue weighted by atomic mass is 10.2. The number of rotatable bonds is 6. The topological polar surface area (TPSA) is 86.5 Å². The minimum Gasteiger partial charge on any atom is -0.356 e. The third-order valence-corrected chi connectivity index (χ3v) is 4.69. The van der Waals surface area contributed by atoms with E-state index < -0.39 is 0 Å². The van der Waals surface area contributed by atoms with E-state index in [0.717, 1.165) is 40.9 Å². The molecule has 0 saturated carbocycles. The molecule has 0 saturated heterocycles. The summed E-state index contributed by atoms with van der Waals surface area (Å²) < 4.78 is 2.00. The Kier molecular flexibility index (Phi) is 5.51. The van der Waals surface area contributed by atoms with E-state index in [1.165, 1.54) is 0 Å². The number of nitrogens with one attached hydrogen (secondary N) is 2. The van der Waals surface area contributed by atoms with Crippen molar-refractivity contribution in [1.82, 2.24) is 34.8 Å². The molecule has 0 atom stereocenters.